The zero-order valence-electron chi connectivity index (χ0n) is 11.6. The monoisotopic (exact) mass is 340 g/mol. The van der Waals surface area contributed by atoms with Crippen LogP contribution < -0.4 is 9.44 Å². The minimum absolute atomic E-state index is 0.245. The van der Waals surface area contributed by atoms with Crippen molar-refractivity contribution in [3.8, 4) is 0 Å². The summed E-state index contributed by atoms with van der Waals surface area (Å²) in [7, 11) is -7.58. The van der Waals surface area contributed by atoms with E-state index in [4.69, 9.17) is 5.11 Å². The molecule has 0 unspecified atom stereocenters. The van der Waals surface area contributed by atoms with Crippen LogP contribution in [0.5, 0.6) is 0 Å². The molecule has 0 aliphatic heterocycles. The first kappa shape index (κ1) is 17.6. The molecule has 3 N–H and O–H groups in total. The first-order valence-electron chi connectivity index (χ1n) is 5.64. The third-order valence-corrected chi connectivity index (χ3v) is 4.42. The van der Waals surface area contributed by atoms with Crippen LogP contribution in [0.1, 0.15) is 24.4 Å². The maximum absolute atomic E-state index is 11.9. The van der Waals surface area contributed by atoms with E-state index in [1.165, 1.54) is 13.8 Å². The minimum Gasteiger partial charge on any atom is -0.475 e. The van der Waals surface area contributed by atoms with E-state index in [1.807, 2.05) is 0 Å². The van der Waals surface area contributed by atoms with Gasteiger partial charge in [-0.3, -0.25) is 0 Å². The van der Waals surface area contributed by atoms with Gasteiger partial charge >= 0.3 is 5.97 Å². The van der Waals surface area contributed by atoms with E-state index in [0.717, 1.165) is 18.4 Å². The van der Waals surface area contributed by atoms with Crippen LogP contribution in [0.2, 0.25) is 0 Å². The average molecular weight is 340 g/mol. The number of sulfonamides is 2. The summed E-state index contributed by atoms with van der Waals surface area (Å²) in [6.07, 6.45) is 0.953. The van der Waals surface area contributed by atoms with Crippen LogP contribution >= 0.6 is 0 Å². The highest BCUT2D eigenvalue weighted by Crippen LogP contribution is 2.14. The van der Waals surface area contributed by atoms with Gasteiger partial charge in [-0.2, -0.15) is 0 Å². The van der Waals surface area contributed by atoms with Gasteiger partial charge in [-0.05, 0) is 26.0 Å². The molecule has 0 amide bonds. The Labute approximate surface area is 122 Å². The van der Waals surface area contributed by atoms with Crippen molar-refractivity contribution < 1.29 is 31.2 Å². The second-order valence-corrected chi connectivity index (χ2v) is 8.45. The fraction of sp³-hybridized carbons (Fsp3) is 0.500. The first-order chi connectivity index (χ1) is 9.32. The number of nitrogens with one attached hydrogen (secondary N) is 2. The Morgan fingerprint density at radius 3 is 2.29 bits per heavy atom. The first-order valence-corrected chi connectivity index (χ1v) is 9.02. The van der Waals surface area contributed by atoms with Gasteiger partial charge in [-0.15, -0.1) is 0 Å². The normalized spacial score (nSPS) is 13.3. The van der Waals surface area contributed by atoms with E-state index >= 15 is 0 Å². The molecule has 1 heterocycles. The van der Waals surface area contributed by atoms with Gasteiger partial charge in [0.25, 0.3) is 10.0 Å². The third kappa shape index (κ3) is 5.46. The summed E-state index contributed by atoms with van der Waals surface area (Å²) >= 11 is 0. The van der Waals surface area contributed by atoms with Crippen LogP contribution in [-0.4, -0.2) is 46.3 Å². The summed E-state index contributed by atoms with van der Waals surface area (Å²) in [6.45, 7) is 2.73. The highest BCUT2D eigenvalue weighted by Gasteiger charge is 2.27. The molecule has 0 spiro atoms. The highest BCUT2D eigenvalue weighted by atomic mass is 32.2. The molecule has 0 atom stereocenters. The lowest BCUT2D eigenvalue weighted by Crippen LogP contribution is -2.50. The summed E-state index contributed by atoms with van der Waals surface area (Å²) < 4.78 is 55.2. The fourth-order valence-corrected chi connectivity index (χ4v) is 3.68. The number of carbonyl (C=O) groups is 1. The Morgan fingerprint density at radius 2 is 1.86 bits per heavy atom. The van der Waals surface area contributed by atoms with Crippen LogP contribution in [0.4, 0.5) is 0 Å². The summed E-state index contributed by atoms with van der Waals surface area (Å²) in [6, 6.07) is 2.01. The maximum atomic E-state index is 11.9. The SMILES string of the molecule is CC(C)(CNS(=O)(=O)c1ccc(C(=O)O)o1)NS(C)(=O)=O. The van der Waals surface area contributed by atoms with Gasteiger partial charge in [-0.25, -0.2) is 31.1 Å². The molecular formula is C10H16N2O7S2. The van der Waals surface area contributed by atoms with E-state index in [0.29, 0.717) is 0 Å². The Balaban J connectivity index is 2.83. The van der Waals surface area contributed by atoms with Gasteiger partial charge < -0.3 is 9.52 Å². The largest absolute Gasteiger partial charge is 0.475 e. The molecule has 1 aromatic rings. The zero-order valence-corrected chi connectivity index (χ0v) is 13.2. The lowest BCUT2D eigenvalue weighted by atomic mass is 10.1. The number of furan rings is 1. The van der Waals surface area contributed by atoms with Crippen molar-refractivity contribution in [2.75, 3.05) is 12.8 Å². The second kappa shape index (κ2) is 5.75. The molecule has 9 nitrogen and oxygen atoms in total. The highest BCUT2D eigenvalue weighted by molar-refractivity contribution is 7.89. The van der Waals surface area contributed by atoms with Crippen LogP contribution in [0, 0.1) is 0 Å². The number of hydrogen-bond acceptors (Lipinski definition) is 6. The van der Waals surface area contributed by atoms with Crippen LogP contribution in [0.3, 0.4) is 0 Å². The maximum Gasteiger partial charge on any atom is 0.371 e. The lowest BCUT2D eigenvalue weighted by Gasteiger charge is -2.24. The Hall–Kier alpha value is -1.43. The molecule has 0 saturated carbocycles. The number of aromatic carboxylic acids is 1. The van der Waals surface area contributed by atoms with Crippen LogP contribution in [0.25, 0.3) is 0 Å². The van der Waals surface area contributed by atoms with Crippen LogP contribution in [0.15, 0.2) is 21.6 Å². The van der Waals surface area contributed by atoms with Gasteiger partial charge in [0.2, 0.25) is 20.9 Å². The van der Waals surface area contributed by atoms with E-state index < -0.39 is 42.4 Å². The van der Waals surface area contributed by atoms with Crippen molar-refractivity contribution in [3.63, 3.8) is 0 Å². The minimum atomic E-state index is -4.08. The topological polar surface area (TPSA) is 143 Å². The number of rotatable bonds is 7. The van der Waals surface area contributed by atoms with Gasteiger partial charge in [0.1, 0.15) is 0 Å². The Morgan fingerprint density at radius 1 is 1.29 bits per heavy atom. The summed E-state index contributed by atoms with van der Waals surface area (Å²) in [4.78, 5) is 10.6. The van der Waals surface area contributed by atoms with Gasteiger partial charge in [0.15, 0.2) is 0 Å². The summed E-state index contributed by atoms with van der Waals surface area (Å²) in [5.74, 6) is -1.90. The fourth-order valence-electron chi connectivity index (χ4n) is 1.46. The molecule has 1 aromatic heterocycles. The van der Waals surface area contributed by atoms with Crippen molar-refractivity contribution in [1.29, 1.82) is 0 Å². The standard InChI is InChI=1S/C10H16N2O7S2/c1-10(2,12-20(3,15)16)6-11-21(17,18)8-5-4-7(19-8)9(13)14/h4-5,11-12H,6H2,1-3H3,(H,13,14). The number of hydrogen-bond donors (Lipinski definition) is 3. The molecule has 0 aromatic carbocycles. The van der Waals surface area contributed by atoms with E-state index in [1.54, 1.807) is 0 Å². The quantitative estimate of drug-likeness (QED) is 0.612. The van der Waals surface area contributed by atoms with Gasteiger partial charge in [0, 0.05) is 12.1 Å². The molecule has 0 bridgehead atoms. The van der Waals surface area contributed by atoms with E-state index in [-0.39, 0.29) is 6.54 Å². The molecule has 120 valence electrons. The third-order valence-electron chi connectivity index (χ3n) is 2.22. The second-order valence-electron chi connectivity index (χ2n) is 5.01. The van der Waals surface area contributed by atoms with Gasteiger partial charge in [-0.1, -0.05) is 0 Å². The Bertz CT molecular complexity index is 731. The van der Waals surface area contributed by atoms with E-state index in [2.05, 4.69) is 13.9 Å². The van der Waals surface area contributed by atoms with E-state index in [9.17, 15) is 21.6 Å². The smallest absolute Gasteiger partial charge is 0.371 e. The van der Waals surface area contributed by atoms with Crippen molar-refractivity contribution in [3.05, 3.63) is 17.9 Å². The van der Waals surface area contributed by atoms with Crippen molar-refractivity contribution >= 4 is 26.0 Å². The molecule has 0 aliphatic carbocycles. The zero-order chi connectivity index (χ0) is 16.5. The molecule has 0 saturated heterocycles. The predicted octanol–water partition coefficient (Wildman–Crippen LogP) is -0.416. The van der Waals surface area contributed by atoms with Crippen LogP contribution in [-0.2, 0) is 20.0 Å². The number of carboxylic acid groups (broad SMARTS) is 1. The average Bonchev–Trinajstić information content (AvgIpc) is 2.73. The Kier molecular flexibility index (Phi) is 4.83. The predicted molar refractivity (Wildman–Crippen MR) is 72.9 cm³/mol. The lowest BCUT2D eigenvalue weighted by molar-refractivity contribution is 0.0656. The molecule has 0 radical (unpaired) electrons. The van der Waals surface area contributed by atoms with Crippen molar-refractivity contribution in [2.24, 2.45) is 0 Å². The van der Waals surface area contributed by atoms with Crippen molar-refractivity contribution in [1.82, 2.24) is 9.44 Å². The number of carboxylic acids is 1. The molecular weight excluding hydrogens is 324 g/mol. The molecule has 11 heteroatoms. The molecule has 21 heavy (non-hydrogen) atoms. The summed E-state index contributed by atoms with van der Waals surface area (Å²) in [5.41, 5.74) is -1.07. The van der Waals surface area contributed by atoms with Gasteiger partial charge in [0.05, 0.1) is 6.26 Å². The molecule has 1 rings (SSSR count). The molecule has 0 fully saturated rings. The summed E-state index contributed by atoms with van der Waals surface area (Å²) in [5, 5.41) is 8.10. The molecule has 0 aliphatic rings. The van der Waals surface area contributed by atoms with Crippen molar-refractivity contribution in [2.45, 2.75) is 24.5 Å².